The first-order chi connectivity index (χ1) is 9.66. The number of aliphatic hydroxyl groups is 1. The molecule has 3 heteroatoms. The van der Waals surface area contributed by atoms with Crippen molar-refractivity contribution in [2.24, 2.45) is 0 Å². The molecule has 1 atom stereocenters. The lowest BCUT2D eigenvalue weighted by Crippen LogP contribution is -2.24. The fraction of sp³-hybridized carbons (Fsp3) is 0.294. The van der Waals surface area contributed by atoms with Gasteiger partial charge in [0.25, 0.3) is 0 Å². The molecule has 2 aromatic carbocycles. The van der Waals surface area contributed by atoms with Gasteiger partial charge in [0.05, 0.1) is 6.61 Å². The van der Waals surface area contributed by atoms with Gasteiger partial charge in [-0.3, -0.25) is 0 Å². The Balaban J connectivity index is 2.31. The average molecular weight is 272 g/mol. The van der Waals surface area contributed by atoms with Crippen molar-refractivity contribution in [1.82, 2.24) is 0 Å². The van der Waals surface area contributed by atoms with Crippen LogP contribution in [0.25, 0.3) is 0 Å². The van der Waals surface area contributed by atoms with Crippen LogP contribution < -0.4 is 4.74 Å². The van der Waals surface area contributed by atoms with E-state index >= 15 is 0 Å². The maximum absolute atomic E-state index is 10.9. The molecule has 0 spiro atoms. The second-order valence-electron chi connectivity index (χ2n) is 4.78. The molecule has 3 nitrogen and oxygen atoms in total. The van der Waals surface area contributed by atoms with Gasteiger partial charge in [-0.2, -0.15) is 0 Å². The van der Waals surface area contributed by atoms with Crippen LogP contribution in [0.15, 0.2) is 54.6 Å². The fourth-order valence-electron chi connectivity index (χ4n) is 2.15. The number of para-hydroxylation sites is 1. The van der Waals surface area contributed by atoms with Crippen molar-refractivity contribution in [3.63, 3.8) is 0 Å². The number of hydrogen-bond donors (Lipinski definition) is 1. The lowest BCUT2D eigenvalue weighted by molar-refractivity contribution is 0.0943. The van der Waals surface area contributed by atoms with E-state index in [0.717, 1.165) is 11.1 Å². The third-order valence-electron chi connectivity index (χ3n) is 3.29. The molecule has 20 heavy (non-hydrogen) atoms. The quantitative estimate of drug-likeness (QED) is 0.822. The minimum atomic E-state index is -1.09. The standard InChI is InChI=1S/C17H20O3/c1-17(18,14-8-4-3-5-9-14)15-10-6-7-11-16(15)20-13-12-19-2/h3-11,18H,12-13H2,1-2H3. The zero-order valence-corrected chi connectivity index (χ0v) is 11.9. The van der Waals surface area contributed by atoms with Crippen molar-refractivity contribution in [1.29, 1.82) is 0 Å². The van der Waals surface area contributed by atoms with Gasteiger partial charge < -0.3 is 14.6 Å². The Labute approximate surface area is 119 Å². The fourth-order valence-corrected chi connectivity index (χ4v) is 2.15. The van der Waals surface area contributed by atoms with Crippen LogP contribution in [0, 0.1) is 0 Å². The summed E-state index contributed by atoms with van der Waals surface area (Å²) in [5, 5.41) is 10.9. The first-order valence-corrected chi connectivity index (χ1v) is 6.65. The topological polar surface area (TPSA) is 38.7 Å². The molecule has 0 aromatic heterocycles. The summed E-state index contributed by atoms with van der Waals surface area (Å²) in [4.78, 5) is 0. The SMILES string of the molecule is COCCOc1ccccc1C(C)(O)c1ccccc1. The van der Waals surface area contributed by atoms with E-state index in [4.69, 9.17) is 9.47 Å². The van der Waals surface area contributed by atoms with Crippen molar-refractivity contribution in [3.05, 3.63) is 65.7 Å². The van der Waals surface area contributed by atoms with Gasteiger partial charge in [-0.1, -0.05) is 48.5 Å². The molecule has 2 aromatic rings. The Bertz CT molecular complexity index is 535. The molecule has 1 unspecified atom stereocenters. The molecule has 2 rings (SSSR count). The molecule has 0 saturated heterocycles. The molecule has 106 valence electrons. The molecule has 0 radical (unpaired) electrons. The minimum Gasteiger partial charge on any atom is -0.491 e. The lowest BCUT2D eigenvalue weighted by atomic mass is 9.87. The van der Waals surface area contributed by atoms with Crippen LogP contribution >= 0.6 is 0 Å². The first kappa shape index (κ1) is 14.6. The molecule has 0 aliphatic rings. The molecule has 0 aliphatic carbocycles. The number of methoxy groups -OCH3 is 1. The summed E-state index contributed by atoms with van der Waals surface area (Å²) in [5.41, 5.74) is 0.496. The summed E-state index contributed by atoms with van der Waals surface area (Å²) in [5.74, 6) is 0.679. The van der Waals surface area contributed by atoms with E-state index < -0.39 is 5.60 Å². The maximum Gasteiger partial charge on any atom is 0.125 e. The third kappa shape index (κ3) is 3.18. The van der Waals surface area contributed by atoms with E-state index in [1.165, 1.54) is 0 Å². The predicted octanol–water partition coefficient (Wildman–Crippen LogP) is 2.97. The summed E-state index contributed by atoms with van der Waals surface area (Å²) >= 11 is 0. The van der Waals surface area contributed by atoms with Gasteiger partial charge in [-0.05, 0) is 18.6 Å². The van der Waals surface area contributed by atoms with Gasteiger partial charge in [-0.25, -0.2) is 0 Å². The molecule has 0 heterocycles. The normalized spacial score (nSPS) is 13.8. The van der Waals surface area contributed by atoms with Gasteiger partial charge in [0, 0.05) is 12.7 Å². The van der Waals surface area contributed by atoms with Crippen molar-refractivity contribution in [2.75, 3.05) is 20.3 Å². The van der Waals surface area contributed by atoms with Crippen LogP contribution in [-0.2, 0) is 10.3 Å². The van der Waals surface area contributed by atoms with Gasteiger partial charge >= 0.3 is 0 Å². The van der Waals surface area contributed by atoms with Crippen LogP contribution in [-0.4, -0.2) is 25.4 Å². The summed E-state index contributed by atoms with van der Waals surface area (Å²) in [6.07, 6.45) is 0. The molecule has 0 bridgehead atoms. The monoisotopic (exact) mass is 272 g/mol. The molecule has 0 fully saturated rings. The van der Waals surface area contributed by atoms with Crippen LogP contribution in [0.3, 0.4) is 0 Å². The van der Waals surface area contributed by atoms with E-state index in [1.807, 2.05) is 54.6 Å². The maximum atomic E-state index is 10.9. The molecule has 0 saturated carbocycles. The Morgan fingerprint density at radius 3 is 2.30 bits per heavy atom. The average Bonchev–Trinajstić information content (AvgIpc) is 2.49. The van der Waals surface area contributed by atoms with E-state index in [-0.39, 0.29) is 0 Å². The second-order valence-corrected chi connectivity index (χ2v) is 4.78. The number of rotatable bonds is 6. The Kier molecular flexibility index (Phi) is 4.77. The zero-order valence-electron chi connectivity index (χ0n) is 11.9. The van der Waals surface area contributed by atoms with Crippen LogP contribution in [0.4, 0.5) is 0 Å². The van der Waals surface area contributed by atoms with Crippen LogP contribution in [0.2, 0.25) is 0 Å². The highest BCUT2D eigenvalue weighted by molar-refractivity contribution is 5.44. The highest BCUT2D eigenvalue weighted by atomic mass is 16.5. The smallest absolute Gasteiger partial charge is 0.125 e. The molecule has 0 amide bonds. The number of ether oxygens (including phenoxy) is 2. The van der Waals surface area contributed by atoms with E-state index in [0.29, 0.717) is 19.0 Å². The first-order valence-electron chi connectivity index (χ1n) is 6.65. The Morgan fingerprint density at radius 2 is 1.60 bits per heavy atom. The predicted molar refractivity (Wildman–Crippen MR) is 78.9 cm³/mol. The van der Waals surface area contributed by atoms with Crippen molar-refractivity contribution in [2.45, 2.75) is 12.5 Å². The number of hydrogen-bond acceptors (Lipinski definition) is 3. The molecule has 1 N–H and O–H groups in total. The summed E-state index contributed by atoms with van der Waals surface area (Å²) in [6.45, 7) is 2.75. The Hall–Kier alpha value is -1.84. The van der Waals surface area contributed by atoms with E-state index in [1.54, 1.807) is 14.0 Å². The Morgan fingerprint density at radius 1 is 0.950 bits per heavy atom. The highest BCUT2D eigenvalue weighted by Crippen LogP contribution is 2.35. The lowest BCUT2D eigenvalue weighted by Gasteiger charge is -2.26. The summed E-state index contributed by atoms with van der Waals surface area (Å²) < 4.78 is 10.7. The summed E-state index contributed by atoms with van der Waals surface area (Å²) in [6, 6.07) is 17.1. The van der Waals surface area contributed by atoms with Crippen molar-refractivity contribution in [3.8, 4) is 5.75 Å². The molecular weight excluding hydrogens is 252 g/mol. The second kappa shape index (κ2) is 6.55. The zero-order chi connectivity index (χ0) is 14.4. The van der Waals surface area contributed by atoms with E-state index in [2.05, 4.69) is 0 Å². The van der Waals surface area contributed by atoms with E-state index in [9.17, 15) is 5.11 Å². The summed E-state index contributed by atoms with van der Waals surface area (Å²) in [7, 11) is 1.63. The van der Waals surface area contributed by atoms with Gasteiger partial charge in [-0.15, -0.1) is 0 Å². The highest BCUT2D eigenvalue weighted by Gasteiger charge is 2.28. The van der Waals surface area contributed by atoms with Crippen LogP contribution in [0.1, 0.15) is 18.1 Å². The van der Waals surface area contributed by atoms with Crippen LogP contribution in [0.5, 0.6) is 5.75 Å². The van der Waals surface area contributed by atoms with Crippen molar-refractivity contribution < 1.29 is 14.6 Å². The minimum absolute atomic E-state index is 0.457. The third-order valence-corrected chi connectivity index (χ3v) is 3.29. The largest absolute Gasteiger partial charge is 0.491 e. The van der Waals surface area contributed by atoms with Gasteiger partial charge in [0.1, 0.15) is 18.0 Å². The van der Waals surface area contributed by atoms with Gasteiger partial charge in [0.2, 0.25) is 0 Å². The van der Waals surface area contributed by atoms with Gasteiger partial charge in [0.15, 0.2) is 0 Å². The van der Waals surface area contributed by atoms with Crippen molar-refractivity contribution >= 4 is 0 Å². The molecule has 0 aliphatic heterocycles. The number of benzene rings is 2. The molecular formula is C17H20O3.